The molecule has 0 aliphatic heterocycles. The fraction of sp³-hybridized carbons (Fsp3) is 0.182. The van der Waals surface area contributed by atoms with Crippen molar-refractivity contribution in [3.05, 3.63) is 85.8 Å². The van der Waals surface area contributed by atoms with Crippen molar-refractivity contribution < 1.29 is 23.1 Å². The zero-order chi connectivity index (χ0) is 25.8. The van der Waals surface area contributed by atoms with E-state index in [1.54, 1.807) is 25.1 Å². The number of amides is 1. The molecule has 3 aromatic rings. The number of carbonyl (C=O) groups is 2. The number of carboxylic acids is 1. The molecule has 2 aromatic carbocycles. The van der Waals surface area contributed by atoms with Gasteiger partial charge in [0.15, 0.2) is 0 Å². The second kappa shape index (κ2) is 11.0. The van der Waals surface area contributed by atoms with Crippen molar-refractivity contribution >= 4 is 50.8 Å². The number of nitrogens with zero attached hydrogens (tertiary/aromatic N) is 2. The lowest BCUT2D eigenvalue weighted by Gasteiger charge is -2.12. The molecule has 10 nitrogen and oxygen atoms in total. The van der Waals surface area contributed by atoms with Gasteiger partial charge < -0.3 is 10.4 Å². The predicted octanol–water partition coefficient (Wildman–Crippen LogP) is 2.72. The molecule has 0 unspecified atom stereocenters. The van der Waals surface area contributed by atoms with Crippen LogP contribution in [-0.2, 0) is 27.8 Å². The Bertz CT molecular complexity index is 1440. The molecule has 3 N–H and O–H groups in total. The van der Waals surface area contributed by atoms with Crippen LogP contribution in [0.15, 0.2) is 58.4 Å². The number of aryl methyl sites for hydroxylation is 1. The third-order valence-corrected chi connectivity index (χ3v) is 7.26. The van der Waals surface area contributed by atoms with Gasteiger partial charge in [-0.2, -0.15) is 5.10 Å². The van der Waals surface area contributed by atoms with Crippen molar-refractivity contribution in [2.45, 2.75) is 24.8 Å². The summed E-state index contributed by atoms with van der Waals surface area (Å²) in [5, 5.41) is 14.9. The van der Waals surface area contributed by atoms with Gasteiger partial charge in [-0.1, -0.05) is 41.4 Å². The number of carboxylic acid groups (broad SMARTS) is 1. The molecule has 3 rings (SSSR count). The second-order valence-corrected chi connectivity index (χ2v) is 9.97. The van der Waals surface area contributed by atoms with Crippen molar-refractivity contribution in [2.24, 2.45) is 0 Å². The van der Waals surface area contributed by atoms with Crippen molar-refractivity contribution in [1.29, 1.82) is 0 Å². The van der Waals surface area contributed by atoms with Gasteiger partial charge in [-0.3, -0.25) is 9.59 Å². The van der Waals surface area contributed by atoms with Crippen LogP contribution in [0.25, 0.3) is 0 Å². The molecule has 0 aliphatic rings. The lowest BCUT2D eigenvalue weighted by Crippen LogP contribution is -2.30. The van der Waals surface area contributed by atoms with Crippen LogP contribution in [0, 0.1) is 6.92 Å². The van der Waals surface area contributed by atoms with Gasteiger partial charge in [0.2, 0.25) is 15.9 Å². The Morgan fingerprint density at radius 2 is 1.80 bits per heavy atom. The highest BCUT2D eigenvalue weighted by Gasteiger charge is 2.18. The highest BCUT2D eigenvalue weighted by atomic mass is 35.5. The topological polar surface area (TPSA) is 147 Å². The average molecular weight is 539 g/mol. The van der Waals surface area contributed by atoms with Crippen molar-refractivity contribution in [1.82, 2.24) is 14.5 Å². The molecule has 1 amide bonds. The van der Waals surface area contributed by atoms with Gasteiger partial charge in [-0.05, 0) is 48.7 Å². The van der Waals surface area contributed by atoms with Crippen LogP contribution in [0.4, 0.5) is 5.69 Å². The number of rotatable bonds is 9. The number of hydrogen-bond acceptors (Lipinski definition) is 6. The first-order chi connectivity index (χ1) is 16.5. The van der Waals surface area contributed by atoms with Gasteiger partial charge in [0.05, 0.1) is 21.7 Å². The van der Waals surface area contributed by atoms with E-state index in [9.17, 15) is 22.8 Å². The van der Waals surface area contributed by atoms with Crippen LogP contribution in [-0.4, -0.2) is 41.7 Å². The molecular weight excluding hydrogens is 519 g/mol. The number of sulfonamides is 1. The van der Waals surface area contributed by atoms with Crippen LogP contribution in [0.3, 0.4) is 0 Å². The number of benzene rings is 2. The summed E-state index contributed by atoms with van der Waals surface area (Å²) in [6.07, 6.45) is 1.49. The Labute approximate surface area is 210 Å². The standard InChI is InChI=1S/C22H20Cl2N4O6S/c1-13-2-7-16(27-19(29)12-28-21(30)20(24)17(23)11-25-28)10-18(13)35(33,34)26-9-8-14-3-5-15(6-4-14)22(31)32/h2-7,10-11,26H,8-9,12H2,1H3,(H,27,29)(H,31,32). The monoisotopic (exact) mass is 538 g/mol. The van der Waals surface area contributed by atoms with E-state index in [0.717, 1.165) is 16.4 Å². The molecule has 13 heteroatoms. The van der Waals surface area contributed by atoms with E-state index in [-0.39, 0.29) is 32.7 Å². The number of aromatic carboxylic acids is 1. The maximum absolute atomic E-state index is 12.8. The summed E-state index contributed by atoms with van der Waals surface area (Å²) >= 11 is 11.5. The van der Waals surface area contributed by atoms with Gasteiger partial charge in [0.25, 0.3) is 5.56 Å². The Morgan fingerprint density at radius 1 is 1.11 bits per heavy atom. The maximum atomic E-state index is 12.8. The Hall–Kier alpha value is -3.25. The number of hydrogen-bond donors (Lipinski definition) is 3. The summed E-state index contributed by atoms with van der Waals surface area (Å²) in [5.41, 5.74) is 0.843. The van der Waals surface area contributed by atoms with Gasteiger partial charge in [0, 0.05) is 12.2 Å². The second-order valence-electron chi connectivity index (χ2n) is 7.45. The predicted molar refractivity (Wildman–Crippen MR) is 131 cm³/mol. The first kappa shape index (κ1) is 26.4. The van der Waals surface area contributed by atoms with Gasteiger partial charge in [0.1, 0.15) is 11.6 Å². The minimum absolute atomic E-state index is 0.0265. The molecule has 1 heterocycles. The summed E-state index contributed by atoms with van der Waals surface area (Å²) in [4.78, 5) is 35.3. The lowest BCUT2D eigenvalue weighted by atomic mass is 10.1. The van der Waals surface area contributed by atoms with Crippen molar-refractivity contribution in [2.75, 3.05) is 11.9 Å². The Morgan fingerprint density at radius 3 is 2.46 bits per heavy atom. The highest BCUT2D eigenvalue weighted by Crippen LogP contribution is 2.20. The van der Waals surface area contributed by atoms with Gasteiger partial charge >= 0.3 is 5.97 Å². The first-order valence-corrected chi connectivity index (χ1v) is 12.4. The number of carbonyl (C=O) groups excluding carboxylic acids is 1. The number of anilines is 1. The molecular formula is C22H20Cl2N4O6S. The molecule has 0 spiro atoms. The van der Waals surface area contributed by atoms with E-state index < -0.39 is 34.0 Å². The lowest BCUT2D eigenvalue weighted by molar-refractivity contribution is -0.117. The first-order valence-electron chi connectivity index (χ1n) is 10.1. The minimum Gasteiger partial charge on any atom is -0.478 e. The molecule has 0 saturated carbocycles. The molecule has 0 bridgehead atoms. The normalized spacial score (nSPS) is 11.3. The summed E-state index contributed by atoms with van der Waals surface area (Å²) in [6.45, 7) is 1.24. The molecule has 0 saturated heterocycles. The minimum atomic E-state index is -3.91. The molecule has 35 heavy (non-hydrogen) atoms. The van der Waals surface area contributed by atoms with Gasteiger partial charge in [-0.25, -0.2) is 22.6 Å². The molecule has 0 atom stereocenters. The Balaban J connectivity index is 1.67. The molecule has 0 fully saturated rings. The molecule has 0 radical (unpaired) electrons. The van der Waals surface area contributed by atoms with E-state index >= 15 is 0 Å². The van der Waals surface area contributed by atoms with Crippen LogP contribution in [0.5, 0.6) is 0 Å². The number of halogens is 2. The smallest absolute Gasteiger partial charge is 0.335 e. The van der Waals surface area contributed by atoms with Crippen LogP contribution < -0.4 is 15.6 Å². The number of aromatic nitrogens is 2. The van der Waals surface area contributed by atoms with E-state index in [4.69, 9.17) is 28.3 Å². The van der Waals surface area contributed by atoms with Crippen molar-refractivity contribution in [3.63, 3.8) is 0 Å². The zero-order valence-corrected chi connectivity index (χ0v) is 20.6. The molecule has 184 valence electrons. The summed E-state index contributed by atoms with van der Waals surface area (Å²) < 4.78 is 29.0. The third-order valence-electron chi connectivity index (χ3n) is 4.90. The highest BCUT2D eigenvalue weighted by molar-refractivity contribution is 7.89. The van der Waals surface area contributed by atoms with E-state index in [2.05, 4.69) is 15.1 Å². The quantitative estimate of drug-likeness (QED) is 0.379. The van der Waals surface area contributed by atoms with Gasteiger partial charge in [-0.15, -0.1) is 0 Å². The summed E-state index contributed by atoms with van der Waals surface area (Å²) in [6, 6.07) is 10.5. The zero-order valence-electron chi connectivity index (χ0n) is 18.3. The van der Waals surface area contributed by atoms with Crippen LogP contribution in [0.1, 0.15) is 21.5 Å². The maximum Gasteiger partial charge on any atom is 0.335 e. The fourth-order valence-electron chi connectivity index (χ4n) is 3.08. The van der Waals surface area contributed by atoms with Crippen LogP contribution >= 0.6 is 23.2 Å². The van der Waals surface area contributed by atoms with E-state index in [1.807, 2.05) is 0 Å². The Kier molecular flexibility index (Phi) is 8.28. The van der Waals surface area contributed by atoms with Crippen molar-refractivity contribution in [3.8, 4) is 0 Å². The van der Waals surface area contributed by atoms with Crippen LogP contribution in [0.2, 0.25) is 10.0 Å². The molecule has 0 aliphatic carbocycles. The fourth-order valence-corrected chi connectivity index (χ4v) is 4.65. The number of nitrogens with one attached hydrogen (secondary N) is 2. The van der Waals surface area contributed by atoms with E-state index in [0.29, 0.717) is 12.0 Å². The molecule has 1 aromatic heterocycles. The third kappa shape index (κ3) is 6.67. The average Bonchev–Trinajstić information content (AvgIpc) is 2.81. The summed E-state index contributed by atoms with van der Waals surface area (Å²) in [7, 11) is -3.91. The largest absolute Gasteiger partial charge is 0.478 e. The SMILES string of the molecule is Cc1ccc(NC(=O)Cn2ncc(Cl)c(Cl)c2=O)cc1S(=O)(=O)NCCc1ccc(C(=O)O)cc1. The summed E-state index contributed by atoms with van der Waals surface area (Å²) in [5.74, 6) is -1.66. The van der Waals surface area contributed by atoms with E-state index in [1.165, 1.54) is 24.3 Å².